The van der Waals surface area contributed by atoms with E-state index >= 15 is 0 Å². The molecule has 0 saturated heterocycles. The van der Waals surface area contributed by atoms with Gasteiger partial charge in [-0.1, -0.05) is 13.3 Å². The van der Waals surface area contributed by atoms with Crippen LogP contribution in [0.3, 0.4) is 0 Å². The first-order valence-corrected chi connectivity index (χ1v) is 9.05. The first-order valence-electron chi connectivity index (χ1n) is 9.05. The molecule has 1 aliphatic rings. The Bertz CT molecular complexity index is 815. The lowest BCUT2D eigenvalue weighted by atomic mass is 10.1. The third-order valence-corrected chi connectivity index (χ3v) is 4.54. The molecule has 2 aromatic carbocycles. The molecule has 1 aliphatic heterocycles. The molecule has 1 amide bonds. The van der Waals surface area contributed by atoms with Crippen LogP contribution < -0.4 is 15.5 Å². The fourth-order valence-electron chi connectivity index (χ4n) is 3.05. The van der Waals surface area contributed by atoms with Crippen molar-refractivity contribution >= 4 is 28.5 Å². The number of carbonyl (C=O) groups excluding carboxylic acids is 1. The molecular weight excluding hydrogens is 329 g/mol. The molecule has 0 atom stereocenters. The Hall–Kier alpha value is -2.82. The number of unbranched alkanes of at least 4 members (excludes halogenated alkanes) is 1. The molecule has 1 heterocycles. The number of fused-ring (bicyclic) bond motifs is 1. The number of carbonyl (C=O) groups is 1. The predicted octanol–water partition coefficient (Wildman–Crippen LogP) is 4.86. The van der Waals surface area contributed by atoms with E-state index in [0.29, 0.717) is 16.8 Å². The summed E-state index contributed by atoms with van der Waals surface area (Å²) in [6, 6.07) is 12.5. The van der Waals surface area contributed by atoms with E-state index in [4.69, 9.17) is 0 Å². The average Bonchev–Trinajstić information content (AvgIpc) is 2.95. The molecule has 2 N–H and O–H groups in total. The lowest BCUT2D eigenvalue weighted by Gasteiger charge is -2.23. The summed E-state index contributed by atoms with van der Waals surface area (Å²) >= 11 is 0. The van der Waals surface area contributed by atoms with Crippen molar-refractivity contribution in [3.63, 3.8) is 0 Å². The van der Waals surface area contributed by atoms with E-state index in [0.717, 1.165) is 18.8 Å². The van der Waals surface area contributed by atoms with Crippen LogP contribution in [0.4, 0.5) is 21.5 Å². The third-order valence-electron chi connectivity index (χ3n) is 4.54. The zero-order valence-corrected chi connectivity index (χ0v) is 15.2. The Labute approximate surface area is 153 Å². The summed E-state index contributed by atoms with van der Waals surface area (Å²) in [5.41, 5.74) is 3.81. The number of benzene rings is 2. The van der Waals surface area contributed by atoms with Crippen LogP contribution in [0, 0.1) is 5.82 Å². The zero-order valence-electron chi connectivity index (χ0n) is 15.2. The number of halogens is 1. The van der Waals surface area contributed by atoms with Crippen molar-refractivity contribution < 1.29 is 9.18 Å². The number of anilines is 3. The van der Waals surface area contributed by atoms with Crippen LogP contribution in [0.5, 0.6) is 0 Å². The smallest absolute Gasteiger partial charge is 0.257 e. The third kappa shape index (κ3) is 3.87. The van der Waals surface area contributed by atoms with Gasteiger partial charge in [0.15, 0.2) is 0 Å². The molecule has 0 radical (unpaired) electrons. The van der Waals surface area contributed by atoms with Crippen molar-refractivity contribution in [2.45, 2.75) is 26.7 Å². The van der Waals surface area contributed by atoms with E-state index in [1.54, 1.807) is 12.3 Å². The van der Waals surface area contributed by atoms with Gasteiger partial charge >= 0.3 is 0 Å². The maximum absolute atomic E-state index is 13.3. The lowest BCUT2D eigenvalue weighted by molar-refractivity contribution is -0.110. The Morgan fingerprint density at radius 1 is 1.15 bits per heavy atom. The second kappa shape index (κ2) is 8.04. The maximum Gasteiger partial charge on any atom is 0.257 e. The van der Waals surface area contributed by atoms with Crippen molar-refractivity contribution in [3.8, 4) is 0 Å². The van der Waals surface area contributed by atoms with E-state index in [1.165, 1.54) is 30.7 Å². The van der Waals surface area contributed by atoms with E-state index in [2.05, 4.69) is 41.5 Å². The highest BCUT2D eigenvalue weighted by molar-refractivity contribution is 6.31. The van der Waals surface area contributed by atoms with E-state index in [1.807, 2.05) is 12.1 Å². The van der Waals surface area contributed by atoms with Crippen LogP contribution in [-0.2, 0) is 4.79 Å². The first kappa shape index (κ1) is 18.0. The number of hydrogen-bond acceptors (Lipinski definition) is 3. The summed E-state index contributed by atoms with van der Waals surface area (Å²) in [7, 11) is 0. The van der Waals surface area contributed by atoms with Crippen LogP contribution in [0.1, 0.15) is 32.3 Å². The van der Waals surface area contributed by atoms with Gasteiger partial charge in [0.25, 0.3) is 5.91 Å². The summed E-state index contributed by atoms with van der Waals surface area (Å²) < 4.78 is 13.3. The van der Waals surface area contributed by atoms with E-state index < -0.39 is 0 Å². The summed E-state index contributed by atoms with van der Waals surface area (Å²) in [6.45, 7) is 6.38. The Morgan fingerprint density at radius 3 is 2.62 bits per heavy atom. The highest BCUT2D eigenvalue weighted by Gasteiger charge is 2.24. The van der Waals surface area contributed by atoms with Crippen molar-refractivity contribution in [2.75, 3.05) is 28.6 Å². The van der Waals surface area contributed by atoms with Crippen molar-refractivity contribution in [1.29, 1.82) is 0 Å². The van der Waals surface area contributed by atoms with E-state index in [9.17, 15) is 9.18 Å². The fraction of sp³-hybridized carbons (Fsp3) is 0.286. The van der Waals surface area contributed by atoms with Crippen molar-refractivity contribution in [1.82, 2.24) is 0 Å². The Balaban J connectivity index is 1.72. The van der Waals surface area contributed by atoms with Gasteiger partial charge in [0.1, 0.15) is 5.82 Å². The Morgan fingerprint density at radius 2 is 1.92 bits per heavy atom. The lowest BCUT2D eigenvalue weighted by Crippen LogP contribution is -2.23. The number of rotatable bonds is 7. The molecule has 0 fully saturated rings. The van der Waals surface area contributed by atoms with Gasteiger partial charge < -0.3 is 15.5 Å². The summed E-state index contributed by atoms with van der Waals surface area (Å²) in [4.78, 5) is 14.4. The van der Waals surface area contributed by atoms with Gasteiger partial charge in [-0.05, 0) is 55.8 Å². The molecule has 5 heteroatoms. The number of nitrogens with zero attached hydrogens (tertiary/aromatic N) is 1. The minimum atomic E-state index is -0.364. The predicted molar refractivity (Wildman–Crippen MR) is 106 cm³/mol. The second-order valence-corrected chi connectivity index (χ2v) is 6.33. The summed E-state index contributed by atoms with van der Waals surface area (Å²) in [5, 5.41) is 5.85. The molecule has 0 aromatic heterocycles. The van der Waals surface area contributed by atoms with Crippen LogP contribution in [0.15, 0.2) is 48.7 Å². The van der Waals surface area contributed by atoms with Gasteiger partial charge in [-0.15, -0.1) is 0 Å². The molecule has 0 unspecified atom stereocenters. The molecule has 2 aromatic rings. The second-order valence-electron chi connectivity index (χ2n) is 6.33. The molecule has 0 aliphatic carbocycles. The van der Waals surface area contributed by atoms with Crippen LogP contribution >= 0.6 is 0 Å². The standard InChI is InChI=1S/C21H24FN3O/c1-3-5-12-25(4-2)17-9-7-16(8-10-17)23-14-19-18-11-6-15(22)13-20(18)24-21(19)26/h6-11,13-14,23H,3-5,12H2,1-2H3,(H,24,26)/b19-14+. The number of nitrogens with one attached hydrogen (secondary N) is 2. The van der Waals surface area contributed by atoms with Gasteiger partial charge in [0.2, 0.25) is 0 Å². The SMILES string of the molecule is CCCCN(CC)c1ccc(N/C=C2/C(=O)Nc3cc(F)ccc32)cc1. The zero-order chi connectivity index (χ0) is 18.5. The van der Waals surface area contributed by atoms with Crippen molar-refractivity contribution in [3.05, 3.63) is 60.0 Å². The van der Waals surface area contributed by atoms with Crippen molar-refractivity contribution in [2.24, 2.45) is 0 Å². The average molecular weight is 353 g/mol. The summed E-state index contributed by atoms with van der Waals surface area (Å²) in [6.07, 6.45) is 4.02. The first-order chi connectivity index (χ1) is 12.6. The van der Waals surface area contributed by atoms with Gasteiger partial charge in [0, 0.05) is 36.2 Å². The van der Waals surface area contributed by atoms with Gasteiger partial charge in [-0.25, -0.2) is 4.39 Å². The topological polar surface area (TPSA) is 44.4 Å². The number of hydrogen-bond donors (Lipinski definition) is 2. The minimum absolute atomic E-state index is 0.230. The molecule has 136 valence electrons. The molecule has 0 bridgehead atoms. The van der Waals surface area contributed by atoms with Gasteiger partial charge in [0.05, 0.1) is 11.3 Å². The van der Waals surface area contributed by atoms with Gasteiger partial charge in [-0.3, -0.25) is 4.79 Å². The van der Waals surface area contributed by atoms with Crippen LogP contribution in [0.2, 0.25) is 0 Å². The molecule has 26 heavy (non-hydrogen) atoms. The molecule has 0 spiro atoms. The number of amides is 1. The minimum Gasteiger partial charge on any atom is -0.372 e. The van der Waals surface area contributed by atoms with E-state index in [-0.39, 0.29) is 11.7 Å². The fourth-order valence-corrected chi connectivity index (χ4v) is 3.05. The normalized spacial score (nSPS) is 14.3. The summed E-state index contributed by atoms with van der Waals surface area (Å²) in [5.74, 6) is -0.594. The van der Waals surface area contributed by atoms with Crippen LogP contribution in [-0.4, -0.2) is 19.0 Å². The maximum atomic E-state index is 13.3. The Kier molecular flexibility index (Phi) is 5.56. The highest BCUT2D eigenvalue weighted by atomic mass is 19.1. The molecule has 4 nitrogen and oxygen atoms in total. The molecule has 0 saturated carbocycles. The highest BCUT2D eigenvalue weighted by Crippen LogP contribution is 2.32. The van der Waals surface area contributed by atoms with Gasteiger partial charge in [-0.2, -0.15) is 0 Å². The monoisotopic (exact) mass is 353 g/mol. The molecule has 3 rings (SSSR count). The quantitative estimate of drug-likeness (QED) is 0.699. The largest absolute Gasteiger partial charge is 0.372 e. The van der Waals surface area contributed by atoms with Crippen LogP contribution in [0.25, 0.3) is 5.57 Å². The molecular formula is C21H24FN3O.